The van der Waals surface area contributed by atoms with E-state index in [1.807, 2.05) is 30.3 Å². The summed E-state index contributed by atoms with van der Waals surface area (Å²) in [5.74, 6) is -0.490. The predicted molar refractivity (Wildman–Crippen MR) is 86.4 cm³/mol. The number of fused-ring (bicyclic) bond motifs is 1. The van der Waals surface area contributed by atoms with Crippen molar-refractivity contribution in [2.45, 2.75) is 12.5 Å². The van der Waals surface area contributed by atoms with Crippen molar-refractivity contribution in [1.82, 2.24) is 15.0 Å². The van der Waals surface area contributed by atoms with Crippen molar-refractivity contribution in [3.05, 3.63) is 82.0 Å². The standard InChI is InChI=1S/C18H13N3O3/c22-17-14-15(12-8-4-5-9-19-12)20-18(23)21-16(14)13(24-17)10-11-6-2-1-3-7-11/h1-9,13H,10H2,(H,20,21,23). The van der Waals surface area contributed by atoms with Crippen LogP contribution in [0.5, 0.6) is 0 Å². The van der Waals surface area contributed by atoms with Crippen LogP contribution in [0, 0.1) is 0 Å². The van der Waals surface area contributed by atoms with E-state index < -0.39 is 17.8 Å². The second-order valence-electron chi connectivity index (χ2n) is 5.48. The molecule has 4 rings (SSSR count). The van der Waals surface area contributed by atoms with Gasteiger partial charge in [0.25, 0.3) is 0 Å². The third-order valence-corrected chi connectivity index (χ3v) is 3.91. The highest BCUT2D eigenvalue weighted by Gasteiger charge is 2.36. The third-order valence-electron chi connectivity index (χ3n) is 3.91. The molecular formula is C18H13N3O3. The summed E-state index contributed by atoms with van der Waals surface area (Å²) in [6.07, 6.45) is 1.54. The molecule has 0 fully saturated rings. The lowest BCUT2D eigenvalue weighted by Gasteiger charge is -2.10. The molecule has 1 aliphatic rings. The van der Waals surface area contributed by atoms with Crippen molar-refractivity contribution < 1.29 is 9.53 Å². The number of nitrogens with zero attached hydrogens (tertiary/aromatic N) is 2. The van der Waals surface area contributed by atoms with Gasteiger partial charge < -0.3 is 9.72 Å². The van der Waals surface area contributed by atoms with E-state index >= 15 is 0 Å². The second kappa shape index (κ2) is 5.73. The van der Waals surface area contributed by atoms with Crippen LogP contribution in [-0.2, 0) is 11.2 Å². The minimum Gasteiger partial charge on any atom is -0.452 e. The fourth-order valence-electron chi connectivity index (χ4n) is 2.85. The van der Waals surface area contributed by atoms with Gasteiger partial charge in [0.2, 0.25) is 0 Å². The molecule has 1 aliphatic heterocycles. The molecule has 1 aromatic carbocycles. The van der Waals surface area contributed by atoms with E-state index in [9.17, 15) is 9.59 Å². The van der Waals surface area contributed by atoms with Crippen LogP contribution in [0.25, 0.3) is 11.4 Å². The SMILES string of the molecule is O=C1OC(Cc2ccccc2)c2[nH]c(=O)nc(-c3ccccn3)c21. The first-order valence-corrected chi connectivity index (χ1v) is 7.53. The Bertz CT molecular complexity index is 952. The van der Waals surface area contributed by atoms with Crippen LogP contribution in [-0.4, -0.2) is 20.9 Å². The smallest absolute Gasteiger partial charge is 0.345 e. The number of pyridine rings is 1. The Labute approximate surface area is 137 Å². The van der Waals surface area contributed by atoms with Gasteiger partial charge in [-0.2, -0.15) is 4.98 Å². The molecule has 1 atom stereocenters. The number of H-pyrrole nitrogens is 1. The first kappa shape index (κ1) is 14.3. The summed E-state index contributed by atoms with van der Waals surface area (Å²) >= 11 is 0. The zero-order valence-electron chi connectivity index (χ0n) is 12.6. The fraction of sp³-hybridized carbons (Fsp3) is 0.111. The molecule has 1 N–H and O–H groups in total. The van der Waals surface area contributed by atoms with Gasteiger partial charge in [-0.1, -0.05) is 36.4 Å². The number of hydrogen-bond acceptors (Lipinski definition) is 5. The molecule has 24 heavy (non-hydrogen) atoms. The average Bonchev–Trinajstić information content (AvgIpc) is 2.91. The molecule has 3 aromatic rings. The minimum atomic E-state index is -0.534. The van der Waals surface area contributed by atoms with E-state index in [2.05, 4.69) is 15.0 Å². The number of aromatic amines is 1. The molecule has 6 heteroatoms. The highest BCUT2D eigenvalue weighted by molar-refractivity contribution is 5.99. The maximum Gasteiger partial charge on any atom is 0.345 e. The van der Waals surface area contributed by atoms with Crippen molar-refractivity contribution in [2.75, 3.05) is 0 Å². The molecule has 6 nitrogen and oxygen atoms in total. The molecular weight excluding hydrogens is 306 g/mol. The Hall–Kier alpha value is -3.28. The van der Waals surface area contributed by atoms with Gasteiger partial charge in [-0.05, 0) is 17.7 Å². The summed E-state index contributed by atoms with van der Waals surface area (Å²) in [6.45, 7) is 0. The predicted octanol–water partition coefficient (Wildman–Crippen LogP) is 2.29. The van der Waals surface area contributed by atoms with Gasteiger partial charge in [-0.15, -0.1) is 0 Å². The van der Waals surface area contributed by atoms with Crippen LogP contribution >= 0.6 is 0 Å². The molecule has 1 unspecified atom stereocenters. The molecule has 2 aromatic heterocycles. The first-order chi connectivity index (χ1) is 11.7. The number of nitrogens with one attached hydrogen (secondary N) is 1. The summed E-state index contributed by atoms with van der Waals surface area (Å²) in [5, 5.41) is 0. The van der Waals surface area contributed by atoms with E-state index in [4.69, 9.17) is 4.74 Å². The van der Waals surface area contributed by atoms with E-state index in [1.165, 1.54) is 0 Å². The number of carbonyl (C=O) groups is 1. The van der Waals surface area contributed by atoms with Crippen LogP contribution in [0.2, 0.25) is 0 Å². The van der Waals surface area contributed by atoms with Crippen LogP contribution in [0.15, 0.2) is 59.5 Å². The lowest BCUT2D eigenvalue weighted by Crippen LogP contribution is -2.17. The molecule has 0 aliphatic carbocycles. The number of rotatable bonds is 3. The average molecular weight is 319 g/mol. The number of aromatic nitrogens is 3. The van der Waals surface area contributed by atoms with Crippen molar-refractivity contribution >= 4 is 5.97 Å². The first-order valence-electron chi connectivity index (χ1n) is 7.53. The monoisotopic (exact) mass is 319 g/mol. The zero-order valence-corrected chi connectivity index (χ0v) is 12.6. The number of cyclic esters (lactones) is 1. The second-order valence-corrected chi connectivity index (χ2v) is 5.48. The molecule has 118 valence electrons. The van der Waals surface area contributed by atoms with Gasteiger partial charge >= 0.3 is 11.7 Å². The van der Waals surface area contributed by atoms with Gasteiger partial charge in [0.15, 0.2) is 0 Å². The lowest BCUT2D eigenvalue weighted by molar-refractivity contribution is 0.0382. The van der Waals surface area contributed by atoms with Crippen molar-refractivity contribution in [3.63, 3.8) is 0 Å². The van der Waals surface area contributed by atoms with E-state index in [0.717, 1.165) is 5.56 Å². The molecule has 3 heterocycles. The van der Waals surface area contributed by atoms with Gasteiger partial charge in [0.05, 0.1) is 11.4 Å². The van der Waals surface area contributed by atoms with Crippen LogP contribution in [0.3, 0.4) is 0 Å². The van der Waals surface area contributed by atoms with Crippen molar-refractivity contribution in [2.24, 2.45) is 0 Å². The molecule has 0 spiro atoms. The highest BCUT2D eigenvalue weighted by Crippen LogP contribution is 2.35. The summed E-state index contributed by atoms with van der Waals surface area (Å²) < 4.78 is 5.48. The van der Waals surface area contributed by atoms with Crippen molar-refractivity contribution in [1.29, 1.82) is 0 Å². The lowest BCUT2D eigenvalue weighted by atomic mass is 10.0. The van der Waals surface area contributed by atoms with E-state index in [1.54, 1.807) is 24.4 Å². The maximum absolute atomic E-state index is 12.4. The van der Waals surface area contributed by atoms with E-state index in [-0.39, 0.29) is 11.3 Å². The molecule has 0 radical (unpaired) electrons. The summed E-state index contributed by atoms with van der Waals surface area (Å²) in [4.78, 5) is 35.1. The molecule has 0 amide bonds. The third kappa shape index (κ3) is 2.48. The summed E-state index contributed by atoms with van der Waals surface area (Å²) in [6, 6.07) is 14.9. The van der Waals surface area contributed by atoms with E-state index in [0.29, 0.717) is 17.8 Å². The molecule has 0 bridgehead atoms. The molecule has 0 saturated carbocycles. The quantitative estimate of drug-likeness (QED) is 0.749. The van der Waals surface area contributed by atoms with Crippen LogP contribution < -0.4 is 5.69 Å². The Morgan fingerprint density at radius 1 is 1.04 bits per heavy atom. The Balaban J connectivity index is 1.81. The zero-order chi connectivity index (χ0) is 16.5. The van der Waals surface area contributed by atoms with Gasteiger partial charge in [0.1, 0.15) is 17.4 Å². The van der Waals surface area contributed by atoms with Crippen LogP contribution in [0.4, 0.5) is 0 Å². The Morgan fingerprint density at radius 3 is 2.58 bits per heavy atom. The largest absolute Gasteiger partial charge is 0.452 e. The topological polar surface area (TPSA) is 84.9 Å². The molecule has 0 saturated heterocycles. The van der Waals surface area contributed by atoms with Crippen LogP contribution in [0.1, 0.15) is 27.7 Å². The number of carbonyl (C=O) groups excluding carboxylic acids is 1. The van der Waals surface area contributed by atoms with Crippen molar-refractivity contribution in [3.8, 4) is 11.4 Å². The summed E-state index contributed by atoms with van der Waals surface area (Å²) in [5.41, 5.74) is 1.97. The Morgan fingerprint density at radius 2 is 1.83 bits per heavy atom. The van der Waals surface area contributed by atoms with Gasteiger partial charge in [-0.3, -0.25) is 4.98 Å². The number of esters is 1. The number of hydrogen-bond donors (Lipinski definition) is 1. The maximum atomic E-state index is 12.4. The Kier molecular flexibility index (Phi) is 3.42. The minimum absolute atomic E-state index is 0.259. The number of benzene rings is 1. The number of ether oxygens (including phenoxy) is 1. The normalized spacial score (nSPS) is 15.8. The fourth-order valence-corrected chi connectivity index (χ4v) is 2.85. The van der Waals surface area contributed by atoms with Gasteiger partial charge in [-0.25, -0.2) is 9.59 Å². The summed E-state index contributed by atoms with van der Waals surface area (Å²) in [7, 11) is 0. The highest BCUT2D eigenvalue weighted by atomic mass is 16.5. The van der Waals surface area contributed by atoms with Gasteiger partial charge in [0, 0.05) is 12.6 Å².